The van der Waals surface area contributed by atoms with Gasteiger partial charge in [0.05, 0.1) is 12.1 Å². The highest BCUT2D eigenvalue weighted by Gasteiger charge is 2.27. The van der Waals surface area contributed by atoms with E-state index in [2.05, 4.69) is 19.9 Å². The van der Waals surface area contributed by atoms with Crippen LogP contribution in [0.3, 0.4) is 0 Å². The number of pyridine rings is 1. The molecule has 0 aromatic carbocycles. The molecule has 0 amide bonds. The topological polar surface area (TPSA) is 108 Å². The summed E-state index contributed by atoms with van der Waals surface area (Å²) in [6, 6.07) is 3.83. The van der Waals surface area contributed by atoms with Crippen LogP contribution in [-0.2, 0) is 25.8 Å². The van der Waals surface area contributed by atoms with Gasteiger partial charge < -0.3 is 9.88 Å². The molecule has 0 bridgehead atoms. The maximum atomic E-state index is 12.2. The zero-order valence-corrected chi connectivity index (χ0v) is 14.7. The molecule has 0 radical (unpaired) electrons. The molecule has 0 unspecified atom stereocenters. The molecule has 5 rings (SSSR count). The molecule has 1 aliphatic heterocycles. The van der Waals surface area contributed by atoms with E-state index < -0.39 is 5.69 Å². The molecule has 0 spiro atoms. The lowest BCUT2D eigenvalue weighted by Crippen LogP contribution is -2.39. The largest absolute Gasteiger partial charge is 0.351 e. The summed E-state index contributed by atoms with van der Waals surface area (Å²) in [5.41, 5.74) is 3.69. The number of aromatic nitrogens is 5. The zero-order chi connectivity index (χ0) is 18.4. The highest BCUT2D eigenvalue weighted by atomic mass is 16.2. The van der Waals surface area contributed by atoms with Crippen molar-refractivity contribution in [3.63, 3.8) is 0 Å². The molecule has 27 heavy (non-hydrogen) atoms. The number of aryl methyl sites for hydroxylation is 1. The third-order valence-electron chi connectivity index (χ3n) is 5.24. The fourth-order valence-electron chi connectivity index (χ4n) is 3.94. The lowest BCUT2D eigenvalue weighted by atomic mass is 10.1. The second-order valence-electron chi connectivity index (χ2n) is 6.93. The Balaban J connectivity index is 1.60. The van der Waals surface area contributed by atoms with Crippen LogP contribution in [0.4, 0.5) is 5.82 Å². The Morgan fingerprint density at radius 2 is 1.96 bits per heavy atom. The number of rotatable bonds is 2. The number of fused-ring (bicyclic) bond motifs is 2. The Hall–Kier alpha value is -3.29. The molecule has 3 aromatic heterocycles. The minimum atomic E-state index is -0.450. The van der Waals surface area contributed by atoms with Gasteiger partial charge in [-0.2, -0.15) is 0 Å². The number of nitrogens with one attached hydrogen (secondary N) is 2. The maximum Gasteiger partial charge on any atom is 0.325 e. The average Bonchev–Trinajstić information content (AvgIpc) is 3.16. The first-order valence-electron chi connectivity index (χ1n) is 9.08. The molecule has 1 aliphatic carbocycles. The molecule has 136 valence electrons. The van der Waals surface area contributed by atoms with E-state index in [1.54, 1.807) is 12.4 Å². The van der Waals surface area contributed by atoms with E-state index in [9.17, 15) is 9.59 Å². The van der Waals surface area contributed by atoms with Crippen LogP contribution in [0, 0.1) is 0 Å². The monoisotopic (exact) mass is 362 g/mol. The van der Waals surface area contributed by atoms with Crippen molar-refractivity contribution in [2.24, 2.45) is 0 Å². The first-order valence-corrected chi connectivity index (χ1v) is 9.08. The van der Waals surface area contributed by atoms with E-state index in [1.165, 1.54) is 5.56 Å². The van der Waals surface area contributed by atoms with Gasteiger partial charge in [-0.3, -0.25) is 14.8 Å². The summed E-state index contributed by atoms with van der Waals surface area (Å²) in [6.07, 6.45) is 7.05. The highest BCUT2D eigenvalue weighted by Crippen LogP contribution is 2.32. The van der Waals surface area contributed by atoms with Gasteiger partial charge in [0.25, 0.3) is 5.56 Å². The molecule has 2 N–H and O–H groups in total. The molecule has 8 nitrogen and oxygen atoms in total. The van der Waals surface area contributed by atoms with Crippen LogP contribution in [0.2, 0.25) is 0 Å². The molecule has 0 saturated heterocycles. The number of hydrogen-bond donors (Lipinski definition) is 2. The van der Waals surface area contributed by atoms with Gasteiger partial charge in [0.2, 0.25) is 0 Å². The summed E-state index contributed by atoms with van der Waals surface area (Å²) >= 11 is 0. The minimum absolute atomic E-state index is 0.323. The quantitative estimate of drug-likeness (QED) is 0.703. The maximum absolute atomic E-state index is 12.2. The molecule has 3 aromatic rings. The first kappa shape index (κ1) is 15.9. The molecule has 2 aliphatic rings. The second kappa shape index (κ2) is 6.15. The van der Waals surface area contributed by atoms with Crippen LogP contribution in [0.1, 0.15) is 28.9 Å². The molecule has 4 heterocycles. The van der Waals surface area contributed by atoms with E-state index in [-0.39, 0.29) is 5.56 Å². The van der Waals surface area contributed by atoms with Crippen LogP contribution >= 0.6 is 0 Å². The van der Waals surface area contributed by atoms with Gasteiger partial charge in [0, 0.05) is 47.9 Å². The lowest BCUT2D eigenvalue weighted by Gasteiger charge is -2.30. The van der Waals surface area contributed by atoms with Crippen LogP contribution < -0.4 is 16.1 Å². The Kier molecular flexibility index (Phi) is 3.63. The Morgan fingerprint density at radius 1 is 1.04 bits per heavy atom. The van der Waals surface area contributed by atoms with Gasteiger partial charge in [-0.15, -0.1) is 0 Å². The molecule has 0 saturated carbocycles. The zero-order valence-electron chi connectivity index (χ0n) is 14.7. The normalized spacial score (nSPS) is 15.5. The van der Waals surface area contributed by atoms with Crippen LogP contribution in [0.25, 0.3) is 11.4 Å². The fraction of sp³-hybridized carbons (Fsp3) is 0.316. The summed E-state index contributed by atoms with van der Waals surface area (Å²) in [5.74, 6) is 1.56. The summed E-state index contributed by atoms with van der Waals surface area (Å²) in [4.78, 5) is 44.7. The summed E-state index contributed by atoms with van der Waals surface area (Å²) in [5, 5.41) is 0. The van der Waals surface area contributed by atoms with Crippen molar-refractivity contribution in [2.75, 3.05) is 11.4 Å². The van der Waals surface area contributed by atoms with Crippen molar-refractivity contribution in [3.05, 3.63) is 67.9 Å². The standard InChI is InChI=1S/C19H18N6O2/c26-18-13-10-25(8-6-15(13)22-19(27)24-18)17-12-4-1-5-14(12)21-16(23-17)11-3-2-7-20-9-11/h2-3,7,9H,1,4-6,8,10H2,(H2,22,24,26,27). The van der Waals surface area contributed by atoms with Crippen LogP contribution in [0.15, 0.2) is 34.1 Å². The van der Waals surface area contributed by atoms with Crippen molar-refractivity contribution in [2.45, 2.75) is 32.2 Å². The third-order valence-corrected chi connectivity index (χ3v) is 5.24. The Labute approximate surface area is 154 Å². The van der Waals surface area contributed by atoms with Crippen molar-refractivity contribution in [3.8, 4) is 11.4 Å². The molecule has 0 fully saturated rings. The third kappa shape index (κ3) is 2.73. The smallest absolute Gasteiger partial charge is 0.325 e. The summed E-state index contributed by atoms with van der Waals surface area (Å²) in [7, 11) is 0. The van der Waals surface area contributed by atoms with E-state index in [0.29, 0.717) is 30.9 Å². The second-order valence-corrected chi connectivity index (χ2v) is 6.93. The Morgan fingerprint density at radius 3 is 2.81 bits per heavy atom. The average molecular weight is 362 g/mol. The van der Waals surface area contributed by atoms with E-state index >= 15 is 0 Å². The van der Waals surface area contributed by atoms with Crippen LogP contribution in [-0.4, -0.2) is 31.5 Å². The number of nitrogens with zero attached hydrogens (tertiary/aromatic N) is 4. The number of aromatic amines is 2. The van der Waals surface area contributed by atoms with E-state index in [1.807, 2.05) is 12.1 Å². The fourth-order valence-corrected chi connectivity index (χ4v) is 3.94. The van der Waals surface area contributed by atoms with Crippen molar-refractivity contribution in [1.29, 1.82) is 0 Å². The molecule has 8 heteroatoms. The van der Waals surface area contributed by atoms with Gasteiger partial charge in [-0.05, 0) is 31.4 Å². The van der Waals surface area contributed by atoms with Crippen molar-refractivity contribution >= 4 is 5.82 Å². The van der Waals surface area contributed by atoms with Crippen molar-refractivity contribution < 1.29 is 0 Å². The summed E-state index contributed by atoms with van der Waals surface area (Å²) in [6.45, 7) is 1.12. The van der Waals surface area contributed by atoms with Gasteiger partial charge in [-0.25, -0.2) is 14.8 Å². The Bertz CT molecular complexity index is 1140. The van der Waals surface area contributed by atoms with E-state index in [4.69, 9.17) is 9.97 Å². The lowest BCUT2D eigenvalue weighted by molar-refractivity contribution is 0.679. The first-order chi connectivity index (χ1) is 13.2. The number of anilines is 1. The number of H-pyrrole nitrogens is 2. The van der Waals surface area contributed by atoms with Gasteiger partial charge in [0.1, 0.15) is 5.82 Å². The van der Waals surface area contributed by atoms with Gasteiger partial charge >= 0.3 is 5.69 Å². The van der Waals surface area contributed by atoms with Crippen molar-refractivity contribution in [1.82, 2.24) is 24.9 Å². The highest BCUT2D eigenvalue weighted by molar-refractivity contribution is 5.61. The van der Waals surface area contributed by atoms with Crippen LogP contribution in [0.5, 0.6) is 0 Å². The molecular weight excluding hydrogens is 344 g/mol. The molecular formula is C19H18N6O2. The van der Waals surface area contributed by atoms with Gasteiger partial charge in [-0.1, -0.05) is 0 Å². The van der Waals surface area contributed by atoms with E-state index in [0.717, 1.165) is 42.0 Å². The molecule has 0 atom stereocenters. The number of hydrogen-bond acceptors (Lipinski definition) is 6. The van der Waals surface area contributed by atoms with Gasteiger partial charge in [0.15, 0.2) is 5.82 Å². The predicted molar refractivity (Wildman–Crippen MR) is 99.7 cm³/mol. The minimum Gasteiger partial charge on any atom is -0.351 e. The SMILES string of the molecule is O=c1[nH]c2c(c(=O)[nH]1)CN(c1nc(-c3cccnc3)nc3c1CCC3)CC2. The predicted octanol–water partition coefficient (Wildman–Crippen LogP) is 0.967. The summed E-state index contributed by atoms with van der Waals surface area (Å²) < 4.78 is 0.